The molecule has 2 aromatic heterocycles. The van der Waals surface area contributed by atoms with Gasteiger partial charge in [0.05, 0.1) is 26.0 Å². The molecule has 3 rings (SSSR count). The maximum absolute atomic E-state index is 13.6. The summed E-state index contributed by atoms with van der Waals surface area (Å²) < 4.78 is 97.5. The number of pyridine rings is 2. The minimum atomic E-state index is -4.99. The van der Waals surface area contributed by atoms with Gasteiger partial charge in [0, 0.05) is 18.0 Å². The number of halogens is 6. The predicted molar refractivity (Wildman–Crippen MR) is 122 cm³/mol. The Balaban J connectivity index is 2.08. The molecule has 1 N–H and O–H groups in total. The van der Waals surface area contributed by atoms with E-state index in [9.17, 15) is 35.9 Å². The van der Waals surface area contributed by atoms with Gasteiger partial charge in [-0.1, -0.05) is 0 Å². The van der Waals surface area contributed by atoms with Crippen LogP contribution in [0.4, 0.5) is 32.0 Å². The van der Waals surface area contributed by atoms with Crippen molar-refractivity contribution in [2.45, 2.75) is 26.4 Å². The van der Waals surface area contributed by atoms with Crippen molar-refractivity contribution >= 4 is 17.6 Å². The number of benzene rings is 1. The number of ether oxygens (including phenoxy) is 4. The molecule has 15 heteroatoms. The molecule has 0 aliphatic rings. The molecule has 9 nitrogen and oxygen atoms in total. The molecule has 0 fully saturated rings. The summed E-state index contributed by atoms with van der Waals surface area (Å²) in [5, 5.41) is 2.42. The zero-order valence-corrected chi connectivity index (χ0v) is 20.6. The highest BCUT2D eigenvalue weighted by atomic mass is 19.4. The fourth-order valence-electron chi connectivity index (χ4n) is 3.34. The molecule has 3 aromatic rings. The smallest absolute Gasteiger partial charge is 0.493 e. The summed E-state index contributed by atoms with van der Waals surface area (Å²) in [5.41, 5.74) is -2.34. The Hall–Kier alpha value is -4.56. The number of hydrogen-bond acceptors (Lipinski definition) is 8. The predicted octanol–water partition coefficient (Wildman–Crippen LogP) is 5.85. The van der Waals surface area contributed by atoms with Crippen molar-refractivity contribution in [3.63, 3.8) is 0 Å². The van der Waals surface area contributed by atoms with Crippen LogP contribution in [0, 0.1) is 13.8 Å². The van der Waals surface area contributed by atoms with Crippen LogP contribution in [0.1, 0.15) is 37.7 Å². The first kappa shape index (κ1) is 29.0. The van der Waals surface area contributed by atoms with Crippen molar-refractivity contribution in [2.75, 3.05) is 19.5 Å². The number of anilines is 1. The number of alkyl halides is 6. The Kier molecular flexibility index (Phi) is 8.22. The summed E-state index contributed by atoms with van der Waals surface area (Å²) in [7, 11) is 2.22. The van der Waals surface area contributed by atoms with Gasteiger partial charge in [-0.2, -0.15) is 13.2 Å². The Morgan fingerprint density at radius 1 is 0.897 bits per heavy atom. The lowest BCUT2D eigenvalue weighted by Crippen LogP contribution is -2.20. The van der Waals surface area contributed by atoms with Crippen LogP contribution in [0.3, 0.4) is 0 Å². The number of amides is 1. The van der Waals surface area contributed by atoms with Crippen molar-refractivity contribution < 1.29 is 54.9 Å². The number of hydrogen-bond donors (Lipinski definition) is 1. The molecule has 208 valence electrons. The van der Waals surface area contributed by atoms with E-state index in [-0.39, 0.29) is 22.9 Å². The van der Waals surface area contributed by atoms with Gasteiger partial charge in [0.25, 0.3) is 5.91 Å². The molecule has 0 spiro atoms. The molecule has 1 aromatic carbocycles. The van der Waals surface area contributed by atoms with Crippen LogP contribution in [0.25, 0.3) is 0 Å². The lowest BCUT2D eigenvalue weighted by Gasteiger charge is -2.19. The second kappa shape index (κ2) is 11.0. The number of esters is 1. The van der Waals surface area contributed by atoms with E-state index in [1.165, 1.54) is 19.2 Å². The molecule has 0 unspecified atom stereocenters. The van der Waals surface area contributed by atoms with Gasteiger partial charge in [-0.25, -0.2) is 14.8 Å². The van der Waals surface area contributed by atoms with Gasteiger partial charge in [0.15, 0.2) is 17.2 Å². The Bertz CT molecular complexity index is 1410. The first-order valence-electron chi connectivity index (χ1n) is 10.7. The second-order valence-corrected chi connectivity index (χ2v) is 7.76. The summed E-state index contributed by atoms with van der Waals surface area (Å²) in [6.45, 7) is 2.52. The summed E-state index contributed by atoms with van der Waals surface area (Å²) >= 11 is 0. The van der Waals surface area contributed by atoms with Crippen molar-refractivity contribution in [1.29, 1.82) is 0 Å². The van der Waals surface area contributed by atoms with Gasteiger partial charge in [0.1, 0.15) is 17.1 Å². The highest BCUT2D eigenvalue weighted by Gasteiger charge is 2.37. The topological polar surface area (TPSA) is 109 Å². The van der Waals surface area contributed by atoms with Crippen molar-refractivity contribution in [2.24, 2.45) is 0 Å². The number of carbonyl (C=O) groups excluding carboxylic acids is 2. The zero-order valence-electron chi connectivity index (χ0n) is 20.6. The lowest BCUT2D eigenvalue weighted by molar-refractivity contribution is -0.274. The molecule has 0 aliphatic carbocycles. The Morgan fingerprint density at radius 2 is 1.59 bits per heavy atom. The minimum Gasteiger partial charge on any atom is -0.493 e. The standard InChI is InChI=1S/C24H19F6N3O6/c1-11-9-31-15(22(35)37-4)8-14(11)33-21(34)19-12(2)20(23(25,26)27)32-10-18(19)38-16-6-5-13(7-17(16)36-3)39-24(28,29)30/h5-10H,1-4H3,(H,31,33,34). The molecular weight excluding hydrogens is 540 g/mol. The van der Waals surface area contributed by atoms with E-state index in [0.717, 1.165) is 39.3 Å². The highest BCUT2D eigenvalue weighted by Crippen LogP contribution is 2.40. The van der Waals surface area contributed by atoms with Crippen LogP contribution in [0.15, 0.2) is 36.7 Å². The number of nitrogens with one attached hydrogen (secondary N) is 1. The molecule has 1 amide bonds. The first-order chi connectivity index (χ1) is 18.1. The average Bonchev–Trinajstić information content (AvgIpc) is 2.84. The van der Waals surface area contributed by atoms with Crippen LogP contribution in [-0.4, -0.2) is 42.4 Å². The number of aryl methyl sites for hydroxylation is 1. The normalized spacial score (nSPS) is 11.5. The van der Waals surface area contributed by atoms with Gasteiger partial charge in [0.2, 0.25) is 0 Å². The van der Waals surface area contributed by atoms with Crippen LogP contribution >= 0.6 is 0 Å². The number of nitrogens with zero attached hydrogens (tertiary/aromatic N) is 2. The third kappa shape index (κ3) is 6.86. The third-order valence-electron chi connectivity index (χ3n) is 5.12. The highest BCUT2D eigenvalue weighted by molar-refractivity contribution is 6.08. The second-order valence-electron chi connectivity index (χ2n) is 7.76. The van der Waals surface area contributed by atoms with E-state index >= 15 is 0 Å². The number of aromatic nitrogens is 2. The van der Waals surface area contributed by atoms with Gasteiger partial charge in [-0.15, -0.1) is 13.2 Å². The molecular formula is C24H19F6N3O6. The SMILES string of the molecule is COC(=O)c1cc(NC(=O)c2c(Oc3ccc(OC(F)(F)F)cc3OC)cnc(C(F)(F)F)c2C)c(C)cn1. The van der Waals surface area contributed by atoms with E-state index in [4.69, 9.17) is 9.47 Å². The van der Waals surface area contributed by atoms with Crippen LogP contribution in [-0.2, 0) is 10.9 Å². The van der Waals surface area contributed by atoms with Crippen LogP contribution < -0.4 is 19.5 Å². The number of methoxy groups -OCH3 is 2. The molecule has 2 heterocycles. The monoisotopic (exact) mass is 559 g/mol. The molecule has 0 saturated carbocycles. The summed E-state index contributed by atoms with van der Waals surface area (Å²) in [6, 6.07) is 3.89. The van der Waals surface area contributed by atoms with E-state index in [1.807, 2.05) is 0 Å². The molecule has 39 heavy (non-hydrogen) atoms. The first-order valence-corrected chi connectivity index (χ1v) is 10.7. The average molecular weight is 559 g/mol. The van der Waals surface area contributed by atoms with Crippen molar-refractivity contribution in [1.82, 2.24) is 9.97 Å². The van der Waals surface area contributed by atoms with Crippen molar-refractivity contribution in [3.05, 3.63) is 64.7 Å². The fourth-order valence-corrected chi connectivity index (χ4v) is 3.34. The molecule has 0 radical (unpaired) electrons. The van der Waals surface area contributed by atoms with Crippen molar-refractivity contribution in [3.8, 4) is 23.0 Å². The summed E-state index contributed by atoms with van der Waals surface area (Å²) in [4.78, 5) is 32.4. The molecule has 0 saturated heterocycles. The maximum Gasteiger partial charge on any atom is 0.573 e. The number of rotatable bonds is 7. The quantitative estimate of drug-likeness (QED) is 0.284. The molecule has 0 aliphatic heterocycles. The third-order valence-corrected chi connectivity index (χ3v) is 5.12. The summed E-state index contributed by atoms with van der Waals surface area (Å²) in [5.74, 6) is -3.55. The largest absolute Gasteiger partial charge is 0.573 e. The fraction of sp³-hybridized carbons (Fsp3) is 0.250. The summed E-state index contributed by atoms with van der Waals surface area (Å²) in [6.07, 6.45) is -8.04. The molecule has 0 atom stereocenters. The lowest BCUT2D eigenvalue weighted by atomic mass is 10.0. The van der Waals surface area contributed by atoms with E-state index < -0.39 is 52.7 Å². The number of carbonyl (C=O) groups is 2. The minimum absolute atomic E-state index is 0.0392. The van der Waals surface area contributed by atoms with Crippen LogP contribution in [0.2, 0.25) is 0 Å². The zero-order chi connectivity index (χ0) is 29.1. The van der Waals surface area contributed by atoms with Gasteiger partial charge in [-0.3, -0.25) is 4.79 Å². The maximum atomic E-state index is 13.6. The van der Waals surface area contributed by atoms with E-state index in [2.05, 4.69) is 24.8 Å². The van der Waals surface area contributed by atoms with Gasteiger partial charge in [-0.05, 0) is 43.2 Å². The van der Waals surface area contributed by atoms with Crippen LogP contribution in [0.5, 0.6) is 23.0 Å². The van der Waals surface area contributed by atoms with E-state index in [1.54, 1.807) is 0 Å². The Morgan fingerprint density at radius 3 is 2.18 bits per heavy atom. The molecule has 0 bridgehead atoms. The van der Waals surface area contributed by atoms with Gasteiger partial charge >= 0.3 is 18.5 Å². The van der Waals surface area contributed by atoms with Gasteiger partial charge < -0.3 is 24.3 Å². The Labute approximate surface area is 216 Å². The van der Waals surface area contributed by atoms with E-state index in [0.29, 0.717) is 11.8 Å².